The number of nitrogens with zero attached hydrogens (tertiary/aromatic N) is 1. The third-order valence-corrected chi connectivity index (χ3v) is 9.37. The lowest BCUT2D eigenvalue weighted by atomic mass is 9.67. The Balaban J connectivity index is 0.00000144. The van der Waals surface area contributed by atoms with Gasteiger partial charge >= 0.3 is 0 Å². The molecule has 1 aliphatic carbocycles. The Kier molecular flexibility index (Phi) is 14.6. The van der Waals surface area contributed by atoms with Gasteiger partial charge in [0.25, 0.3) is 0 Å². The number of nitrogens with one attached hydrogen (secondary N) is 2. The van der Waals surface area contributed by atoms with Crippen molar-refractivity contribution in [1.82, 2.24) is 15.5 Å². The second-order valence-electron chi connectivity index (χ2n) is 13.3. The number of hydrogen-bond acceptors (Lipinski definition) is 4. The number of halogens is 1. The molecule has 47 heavy (non-hydrogen) atoms. The topological polar surface area (TPSA) is 64.6 Å². The molecule has 1 amide bonds. The summed E-state index contributed by atoms with van der Waals surface area (Å²) >= 11 is 0. The van der Waals surface area contributed by atoms with Crippen LogP contribution in [-0.2, 0) is 16.6 Å². The molecule has 1 fully saturated rings. The van der Waals surface area contributed by atoms with Crippen LogP contribution in [0.3, 0.4) is 0 Å². The zero-order chi connectivity index (χ0) is 34.5. The van der Waals surface area contributed by atoms with Crippen molar-refractivity contribution in [2.75, 3.05) is 26.2 Å². The zero-order valence-electron chi connectivity index (χ0n) is 30.0. The molecule has 5 nitrogen and oxygen atoms in total. The maximum Gasteiger partial charge on any atom is 0.220 e. The van der Waals surface area contributed by atoms with Crippen molar-refractivity contribution in [2.24, 2.45) is 0 Å². The van der Waals surface area contributed by atoms with E-state index < -0.39 is 16.8 Å². The van der Waals surface area contributed by atoms with Crippen LogP contribution in [0.1, 0.15) is 104 Å². The highest BCUT2D eigenvalue weighted by Crippen LogP contribution is 2.55. The van der Waals surface area contributed by atoms with E-state index in [0.717, 1.165) is 80.4 Å². The predicted molar refractivity (Wildman–Crippen MR) is 195 cm³/mol. The average molecular weight is 646 g/mol. The molecular formula is C41H60FN3O2. The van der Waals surface area contributed by atoms with Gasteiger partial charge in [0, 0.05) is 32.1 Å². The molecule has 3 N–H and O–H groups in total. The van der Waals surface area contributed by atoms with Crippen LogP contribution in [0, 0.1) is 0 Å². The van der Waals surface area contributed by atoms with Crippen LogP contribution >= 0.6 is 0 Å². The van der Waals surface area contributed by atoms with E-state index in [1.165, 1.54) is 19.4 Å². The molecule has 0 saturated carbocycles. The molecule has 0 bridgehead atoms. The molecule has 1 heterocycles. The highest BCUT2D eigenvalue weighted by atomic mass is 19.1. The zero-order valence-corrected chi connectivity index (χ0v) is 30.0. The van der Waals surface area contributed by atoms with E-state index in [9.17, 15) is 14.3 Å². The number of alkyl halides is 1. The van der Waals surface area contributed by atoms with Crippen molar-refractivity contribution < 1.29 is 14.3 Å². The highest BCUT2D eigenvalue weighted by molar-refractivity contribution is 5.81. The number of carbonyl (C=O) groups excluding carboxylic acids is 1. The Labute approximate surface area is 284 Å². The SMILES string of the molecule is CC.CC.CC(C)(F)CNC(C)(O)C1(CCCCN2CCC(NC(=O)CCCc3ccccc3)C2)c2ccccc2-c2ccccc21. The second kappa shape index (κ2) is 17.9. The fourth-order valence-corrected chi connectivity index (χ4v) is 7.17. The van der Waals surface area contributed by atoms with Crippen molar-refractivity contribution in [3.05, 3.63) is 95.6 Å². The minimum Gasteiger partial charge on any atom is -0.375 e. The fourth-order valence-electron chi connectivity index (χ4n) is 7.17. The summed E-state index contributed by atoms with van der Waals surface area (Å²) in [4.78, 5) is 15.0. The number of benzene rings is 3. The summed E-state index contributed by atoms with van der Waals surface area (Å²) in [7, 11) is 0. The number of fused-ring (bicyclic) bond motifs is 3. The number of aliphatic hydroxyl groups is 1. The van der Waals surface area contributed by atoms with Gasteiger partial charge in [-0.2, -0.15) is 0 Å². The Hall–Kier alpha value is -3.06. The third-order valence-electron chi connectivity index (χ3n) is 9.37. The summed E-state index contributed by atoms with van der Waals surface area (Å²) in [6.45, 7) is 15.8. The molecule has 2 unspecified atom stereocenters. The summed E-state index contributed by atoms with van der Waals surface area (Å²) in [5.41, 5.74) is 2.24. The summed E-state index contributed by atoms with van der Waals surface area (Å²) in [5.74, 6) is 0.148. The van der Waals surface area contributed by atoms with Crippen LogP contribution in [0.15, 0.2) is 78.9 Å². The summed E-state index contributed by atoms with van der Waals surface area (Å²) in [6, 6.07) is 27.2. The van der Waals surface area contributed by atoms with Gasteiger partial charge in [0.1, 0.15) is 11.4 Å². The fraction of sp³-hybridized carbons (Fsp3) is 0.537. The Bertz CT molecular complexity index is 1320. The van der Waals surface area contributed by atoms with E-state index >= 15 is 0 Å². The minimum absolute atomic E-state index is 0.0548. The van der Waals surface area contributed by atoms with E-state index in [2.05, 4.69) is 51.9 Å². The van der Waals surface area contributed by atoms with Gasteiger partial charge in [0.15, 0.2) is 0 Å². The molecule has 3 aromatic carbocycles. The highest BCUT2D eigenvalue weighted by Gasteiger charge is 2.54. The molecule has 6 heteroatoms. The number of rotatable bonds is 14. The lowest BCUT2D eigenvalue weighted by Gasteiger charge is -2.46. The van der Waals surface area contributed by atoms with Crippen molar-refractivity contribution in [3.63, 3.8) is 0 Å². The van der Waals surface area contributed by atoms with Gasteiger partial charge in [0.2, 0.25) is 5.91 Å². The maximum atomic E-state index is 14.6. The van der Waals surface area contributed by atoms with Crippen molar-refractivity contribution in [3.8, 4) is 11.1 Å². The largest absolute Gasteiger partial charge is 0.375 e. The van der Waals surface area contributed by atoms with Crippen LogP contribution in [0.4, 0.5) is 4.39 Å². The average Bonchev–Trinajstić information content (AvgIpc) is 3.65. The summed E-state index contributed by atoms with van der Waals surface area (Å²) in [6.07, 6.45) is 5.96. The van der Waals surface area contributed by atoms with Crippen LogP contribution in [0.25, 0.3) is 11.1 Å². The van der Waals surface area contributed by atoms with E-state index in [-0.39, 0.29) is 18.5 Å². The Morgan fingerprint density at radius 3 is 2.04 bits per heavy atom. The normalized spacial score (nSPS) is 17.7. The van der Waals surface area contributed by atoms with E-state index in [1.807, 2.05) is 77.1 Å². The smallest absolute Gasteiger partial charge is 0.220 e. The Morgan fingerprint density at radius 1 is 0.872 bits per heavy atom. The van der Waals surface area contributed by atoms with Gasteiger partial charge < -0.3 is 15.3 Å². The number of amides is 1. The van der Waals surface area contributed by atoms with E-state index in [1.54, 1.807) is 0 Å². The molecule has 3 aromatic rings. The molecular weight excluding hydrogens is 585 g/mol. The summed E-state index contributed by atoms with van der Waals surface area (Å²) < 4.78 is 14.6. The van der Waals surface area contributed by atoms with Gasteiger partial charge in [-0.3, -0.25) is 10.1 Å². The molecule has 2 atom stereocenters. The maximum absolute atomic E-state index is 14.6. The number of likely N-dealkylation sites (tertiary alicyclic amines) is 1. The first-order chi connectivity index (χ1) is 22.6. The first-order valence-corrected chi connectivity index (χ1v) is 18.0. The molecule has 1 aliphatic heterocycles. The lowest BCUT2D eigenvalue weighted by Crippen LogP contribution is -2.60. The van der Waals surface area contributed by atoms with Crippen LogP contribution in [0.5, 0.6) is 0 Å². The molecule has 0 spiro atoms. The van der Waals surface area contributed by atoms with Crippen LogP contribution < -0.4 is 10.6 Å². The third kappa shape index (κ3) is 9.74. The number of carbonyl (C=O) groups is 1. The monoisotopic (exact) mass is 645 g/mol. The van der Waals surface area contributed by atoms with E-state index in [0.29, 0.717) is 6.42 Å². The van der Waals surface area contributed by atoms with Gasteiger partial charge in [0.05, 0.1) is 5.41 Å². The molecule has 0 radical (unpaired) electrons. The first kappa shape index (κ1) is 38.4. The second-order valence-corrected chi connectivity index (χ2v) is 13.3. The Morgan fingerprint density at radius 2 is 1.45 bits per heavy atom. The molecule has 0 aromatic heterocycles. The molecule has 2 aliphatic rings. The molecule has 1 saturated heterocycles. The standard InChI is InChI=1S/C37H48FN3O2.2C2H6/c1-35(2,38)27-39-36(3,43)37(32-19-9-7-17-30(32)31-18-8-10-20-33(31)37)23-11-12-24-41-25-22-29(26-41)40-34(42)21-13-16-28-14-5-4-6-15-28;2*1-2/h4-10,14-15,17-20,29,39,43H,11-13,16,21-27H2,1-3H3,(H,40,42);2*1-2H3. The van der Waals surface area contributed by atoms with Crippen LogP contribution in [0.2, 0.25) is 0 Å². The number of aryl methyl sites for hydroxylation is 1. The number of hydrogen-bond donors (Lipinski definition) is 3. The van der Waals surface area contributed by atoms with Gasteiger partial charge in [-0.25, -0.2) is 4.39 Å². The van der Waals surface area contributed by atoms with E-state index in [4.69, 9.17) is 0 Å². The number of unbranched alkanes of at least 4 members (excludes halogenated alkanes) is 1. The van der Waals surface area contributed by atoms with Gasteiger partial charge in [-0.05, 0) is 87.2 Å². The van der Waals surface area contributed by atoms with Crippen molar-refractivity contribution in [1.29, 1.82) is 0 Å². The molecule has 5 rings (SSSR count). The van der Waals surface area contributed by atoms with Crippen molar-refractivity contribution in [2.45, 2.75) is 116 Å². The first-order valence-electron chi connectivity index (χ1n) is 18.0. The van der Waals surface area contributed by atoms with Gasteiger partial charge in [-0.1, -0.05) is 113 Å². The summed E-state index contributed by atoms with van der Waals surface area (Å²) in [5, 5.41) is 18.6. The lowest BCUT2D eigenvalue weighted by molar-refractivity contribution is -0.121. The van der Waals surface area contributed by atoms with Gasteiger partial charge in [-0.15, -0.1) is 0 Å². The minimum atomic E-state index is -1.45. The van der Waals surface area contributed by atoms with Crippen LogP contribution in [-0.4, -0.2) is 59.5 Å². The predicted octanol–water partition coefficient (Wildman–Crippen LogP) is 8.44. The quantitative estimate of drug-likeness (QED) is 0.122. The molecule has 258 valence electrons. The van der Waals surface area contributed by atoms with Crippen molar-refractivity contribution >= 4 is 5.91 Å².